The minimum absolute atomic E-state index is 0.00537. The van der Waals surface area contributed by atoms with E-state index in [9.17, 15) is 10.1 Å². The maximum absolute atomic E-state index is 10.3. The Bertz CT molecular complexity index is 337. The van der Waals surface area contributed by atoms with Gasteiger partial charge in [0.2, 0.25) is 0 Å². The molecule has 0 aromatic heterocycles. The van der Waals surface area contributed by atoms with Crippen LogP contribution in [0.15, 0.2) is 18.2 Å². The van der Waals surface area contributed by atoms with Crippen LogP contribution in [0.2, 0.25) is 0 Å². The van der Waals surface area contributed by atoms with Crippen LogP contribution in [0.4, 0.5) is 11.4 Å². The molecule has 0 aliphatic heterocycles. The van der Waals surface area contributed by atoms with E-state index in [2.05, 4.69) is 0 Å². The lowest BCUT2D eigenvalue weighted by Gasteiger charge is -2.09. The van der Waals surface area contributed by atoms with Gasteiger partial charge in [0.25, 0.3) is 5.69 Å². The van der Waals surface area contributed by atoms with Gasteiger partial charge in [-0.05, 0) is 12.5 Å². The number of hydrogen-bond acceptors (Lipinski definition) is 5. The summed E-state index contributed by atoms with van der Waals surface area (Å²) in [6.07, 6.45) is 0. The third-order valence-electron chi connectivity index (χ3n) is 1.62. The minimum Gasteiger partial charge on any atom is -0.264 e. The molecular formula is C7H8N2O4. The number of nitro benzene ring substituents is 1. The molecule has 0 amide bonds. The summed E-state index contributed by atoms with van der Waals surface area (Å²) in [6.45, 7) is 1.61. The van der Waals surface area contributed by atoms with Gasteiger partial charge in [-0.25, -0.2) is 0 Å². The Morgan fingerprint density at radius 3 is 2.54 bits per heavy atom. The second kappa shape index (κ2) is 3.38. The number of aryl methyl sites for hydroxylation is 1. The Balaban J connectivity index is 3.19. The fraction of sp³-hybridized carbons (Fsp3) is 0.143. The van der Waals surface area contributed by atoms with Crippen molar-refractivity contribution in [3.8, 4) is 0 Å². The van der Waals surface area contributed by atoms with E-state index in [1.807, 2.05) is 0 Å². The molecule has 0 saturated carbocycles. The van der Waals surface area contributed by atoms with Crippen molar-refractivity contribution in [2.45, 2.75) is 6.92 Å². The van der Waals surface area contributed by atoms with Crippen molar-refractivity contribution in [1.29, 1.82) is 0 Å². The van der Waals surface area contributed by atoms with Crippen molar-refractivity contribution in [3.63, 3.8) is 0 Å². The van der Waals surface area contributed by atoms with Gasteiger partial charge in [-0.2, -0.15) is 0 Å². The van der Waals surface area contributed by atoms with Gasteiger partial charge in [0.15, 0.2) is 0 Å². The molecule has 1 rings (SSSR count). The van der Waals surface area contributed by atoms with Crippen LogP contribution in [0.5, 0.6) is 0 Å². The van der Waals surface area contributed by atoms with Crippen molar-refractivity contribution < 1.29 is 15.3 Å². The molecule has 0 fully saturated rings. The van der Waals surface area contributed by atoms with Crippen LogP contribution in [-0.2, 0) is 0 Å². The maximum atomic E-state index is 10.3. The van der Waals surface area contributed by atoms with Crippen LogP contribution in [0, 0.1) is 17.0 Å². The van der Waals surface area contributed by atoms with Crippen LogP contribution < -0.4 is 5.23 Å². The lowest BCUT2D eigenvalue weighted by atomic mass is 10.2. The Hall–Kier alpha value is -1.66. The van der Waals surface area contributed by atoms with E-state index in [-0.39, 0.29) is 16.6 Å². The first-order valence-corrected chi connectivity index (χ1v) is 3.45. The van der Waals surface area contributed by atoms with E-state index in [1.54, 1.807) is 6.92 Å². The highest BCUT2D eigenvalue weighted by Crippen LogP contribution is 2.23. The van der Waals surface area contributed by atoms with Crippen molar-refractivity contribution >= 4 is 11.4 Å². The topological polar surface area (TPSA) is 86.8 Å². The Morgan fingerprint density at radius 2 is 2.08 bits per heavy atom. The molecule has 0 aliphatic carbocycles. The van der Waals surface area contributed by atoms with Gasteiger partial charge in [0.1, 0.15) is 5.69 Å². The molecule has 6 heteroatoms. The first-order chi connectivity index (χ1) is 6.02. The molecule has 0 bridgehead atoms. The highest BCUT2D eigenvalue weighted by atomic mass is 16.8. The minimum atomic E-state index is -0.605. The standard InChI is InChI=1S/C7H8N2O4/c1-5-2-3-6(8(10)11)4-7(5)9(12)13/h2-4,12-13H,1H3. The first-order valence-electron chi connectivity index (χ1n) is 3.45. The number of benzene rings is 1. The molecular weight excluding hydrogens is 176 g/mol. The maximum Gasteiger partial charge on any atom is 0.271 e. The summed E-state index contributed by atoms with van der Waals surface area (Å²) < 4.78 is 0. The van der Waals surface area contributed by atoms with Crippen molar-refractivity contribution in [2.24, 2.45) is 0 Å². The smallest absolute Gasteiger partial charge is 0.264 e. The molecule has 0 aliphatic rings. The van der Waals surface area contributed by atoms with Crippen molar-refractivity contribution in [1.82, 2.24) is 0 Å². The normalized spacial score (nSPS) is 9.77. The molecule has 0 atom stereocenters. The Morgan fingerprint density at radius 1 is 1.46 bits per heavy atom. The van der Waals surface area contributed by atoms with Gasteiger partial charge >= 0.3 is 0 Å². The van der Waals surface area contributed by atoms with Crippen LogP contribution in [0.1, 0.15) is 5.56 Å². The highest BCUT2D eigenvalue weighted by Gasteiger charge is 2.11. The van der Waals surface area contributed by atoms with E-state index in [1.165, 1.54) is 12.1 Å². The molecule has 0 radical (unpaired) electrons. The van der Waals surface area contributed by atoms with Gasteiger partial charge in [0, 0.05) is 12.1 Å². The van der Waals surface area contributed by atoms with E-state index in [0.29, 0.717) is 5.56 Å². The molecule has 70 valence electrons. The quantitative estimate of drug-likeness (QED) is 0.537. The average molecular weight is 184 g/mol. The Labute approximate surface area is 73.7 Å². The zero-order chi connectivity index (χ0) is 10.0. The number of anilines is 1. The molecule has 0 unspecified atom stereocenters. The predicted octanol–water partition coefficient (Wildman–Crippen LogP) is 1.49. The van der Waals surface area contributed by atoms with Crippen LogP contribution in [0.3, 0.4) is 0 Å². The second-order valence-corrected chi connectivity index (χ2v) is 2.52. The SMILES string of the molecule is Cc1ccc([N+](=O)[O-])cc1N(O)O. The molecule has 0 heterocycles. The summed E-state index contributed by atoms with van der Waals surface area (Å²) >= 11 is 0. The molecule has 6 nitrogen and oxygen atoms in total. The second-order valence-electron chi connectivity index (χ2n) is 2.52. The molecule has 2 N–H and O–H groups in total. The fourth-order valence-corrected chi connectivity index (χ4v) is 0.927. The third kappa shape index (κ3) is 1.92. The number of hydrogen-bond donors (Lipinski definition) is 2. The summed E-state index contributed by atoms with van der Waals surface area (Å²) in [7, 11) is 0. The molecule has 0 saturated heterocycles. The average Bonchev–Trinajstić information content (AvgIpc) is 2.04. The van der Waals surface area contributed by atoms with Gasteiger partial charge in [-0.15, -0.1) is 5.23 Å². The molecule has 0 spiro atoms. The molecule has 1 aromatic carbocycles. The summed E-state index contributed by atoms with van der Waals surface area (Å²) in [5.41, 5.74) is 0.346. The van der Waals surface area contributed by atoms with E-state index < -0.39 is 4.92 Å². The monoisotopic (exact) mass is 184 g/mol. The third-order valence-corrected chi connectivity index (χ3v) is 1.62. The zero-order valence-corrected chi connectivity index (χ0v) is 6.84. The van der Waals surface area contributed by atoms with Crippen molar-refractivity contribution in [2.75, 3.05) is 5.23 Å². The fourth-order valence-electron chi connectivity index (χ4n) is 0.927. The molecule has 1 aromatic rings. The van der Waals surface area contributed by atoms with Crippen LogP contribution in [-0.4, -0.2) is 15.3 Å². The zero-order valence-electron chi connectivity index (χ0n) is 6.84. The van der Waals surface area contributed by atoms with Crippen LogP contribution in [0.25, 0.3) is 0 Å². The van der Waals surface area contributed by atoms with Gasteiger partial charge < -0.3 is 0 Å². The Kier molecular flexibility index (Phi) is 2.45. The number of rotatable bonds is 2. The lowest BCUT2D eigenvalue weighted by Crippen LogP contribution is -2.12. The van der Waals surface area contributed by atoms with Gasteiger partial charge in [0.05, 0.1) is 4.92 Å². The van der Waals surface area contributed by atoms with E-state index in [4.69, 9.17) is 10.4 Å². The van der Waals surface area contributed by atoms with Crippen LogP contribution >= 0.6 is 0 Å². The first kappa shape index (κ1) is 9.43. The summed E-state index contributed by atoms with van der Waals surface area (Å²) in [5.74, 6) is 0. The highest BCUT2D eigenvalue weighted by molar-refractivity contribution is 5.55. The summed E-state index contributed by atoms with van der Waals surface area (Å²) in [4.78, 5) is 9.71. The van der Waals surface area contributed by atoms with E-state index >= 15 is 0 Å². The van der Waals surface area contributed by atoms with Gasteiger partial charge in [-0.1, -0.05) is 6.07 Å². The number of nitro groups is 1. The van der Waals surface area contributed by atoms with E-state index in [0.717, 1.165) is 6.07 Å². The van der Waals surface area contributed by atoms with Gasteiger partial charge in [-0.3, -0.25) is 20.5 Å². The lowest BCUT2D eigenvalue weighted by molar-refractivity contribution is -0.384. The number of non-ortho nitro benzene ring substituents is 1. The molecule has 13 heavy (non-hydrogen) atoms. The predicted molar refractivity (Wildman–Crippen MR) is 43.9 cm³/mol. The largest absolute Gasteiger partial charge is 0.271 e. The summed E-state index contributed by atoms with van der Waals surface area (Å²) in [6, 6.07) is 3.81. The summed E-state index contributed by atoms with van der Waals surface area (Å²) in [5, 5.41) is 27.5. The number of nitrogens with zero attached hydrogens (tertiary/aromatic N) is 2. The van der Waals surface area contributed by atoms with Crippen molar-refractivity contribution in [3.05, 3.63) is 33.9 Å².